The van der Waals surface area contributed by atoms with E-state index >= 15 is 0 Å². The van der Waals surface area contributed by atoms with E-state index in [-0.39, 0.29) is 11.5 Å². The Kier molecular flexibility index (Phi) is 2.41. The predicted octanol–water partition coefficient (Wildman–Crippen LogP) is 1.49. The van der Waals surface area contributed by atoms with Crippen LogP contribution in [0.3, 0.4) is 0 Å². The van der Waals surface area contributed by atoms with Gasteiger partial charge in [0.1, 0.15) is 0 Å². The lowest BCUT2D eigenvalue weighted by Crippen LogP contribution is -2.06. The molecule has 78 valence electrons. The molecular formula is C11H10O4. The summed E-state index contributed by atoms with van der Waals surface area (Å²) in [6.07, 6.45) is 1.42. The third-order valence-corrected chi connectivity index (χ3v) is 2.40. The Balaban J connectivity index is 2.47. The van der Waals surface area contributed by atoms with Crippen molar-refractivity contribution in [2.75, 3.05) is 6.61 Å². The topological polar surface area (TPSA) is 63.6 Å². The minimum atomic E-state index is -0.976. The first kappa shape index (κ1) is 9.71. The molecule has 0 aromatic heterocycles. The zero-order chi connectivity index (χ0) is 10.8. The molecule has 1 heterocycles. The lowest BCUT2D eigenvalue weighted by molar-refractivity contribution is 0.0512. The van der Waals surface area contributed by atoms with Gasteiger partial charge in [0.05, 0.1) is 17.7 Å². The number of hydrogen-bond donors (Lipinski definition) is 1. The van der Waals surface area contributed by atoms with Crippen molar-refractivity contribution in [2.24, 2.45) is 0 Å². The lowest BCUT2D eigenvalue weighted by Gasteiger charge is -2.04. The van der Waals surface area contributed by atoms with Gasteiger partial charge in [-0.3, -0.25) is 0 Å². The van der Waals surface area contributed by atoms with Crippen molar-refractivity contribution >= 4 is 11.9 Å². The highest BCUT2D eigenvalue weighted by atomic mass is 16.5. The van der Waals surface area contributed by atoms with Crippen LogP contribution in [0.5, 0.6) is 0 Å². The highest BCUT2D eigenvalue weighted by molar-refractivity contribution is 5.94. The summed E-state index contributed by atoms with van der Waals surface area (Å²) in [5.74, 6) is -1.34. The molecule has 0 saturated heterocycles. The quantitative estimate of drug-likeness (QED) is 0.707. The summed E-state index contributed by atoms with van der Waals surface area (Å²) >= 11 is 0. The van der Waals surface area contributed by atoms with Crippen LogP contribution in [-0.2, 0) is 11.2 Å². The van der Waals surface area contributed by atoms with E-state index in [4.69, 9.17) is 9.84 Å². The number of carbonyl (C=O) groups excluding carboxylic acids is 1. The van der Waals surface area contributed by atoms with E-state index in [1.54, 1.807) is 6.07 Å². The number of carboxylic acid groups (broad SMARTS) is 1. The number of fused-ring (bicyclic) bond motifs is 1. The third kappa shape index (κ3) is 1.83. The van der Waals surface area contributed by atoms with E-state index < -0.39 is 5.97 Å². The third-order valence-electron chi connectivity index (χ3n) is 2.40. The summed E-state index contributed by atoms with van der Waals surface area (Å²) in [5.41, 5.74) is 1.46. The van der Waals surface area contributed by atoms with Crippen LogP contribution in [0, 0.1) is 0 Å². The van der Waals surface area contributed by atoms with Gasteiger partial charge in [-0.2, -0.15) is 0 Å². The van der Waals surface area contributed by atoms with Gasteiger partial charge >= 0.3 is 11.9 Å². The van der Waals surface area contributed by atoms with Gasteiger partial charge in [0.2, 0.25) is 0 Å². The molecule has 0 spiro atoms. The second-order valence-corrected chi connectivity index (χ2v) is 3.42. The van der Waals surface area contributed by atoms with Gasteiger partial charge in [-0.05, 0) is 36.6 Å². The average molecular weight is 206 g/mol. The highest BCUT2D eigenvalue weighted by Crippen LogP contribution is 2.18. The number of hydrogen-bond acceptors (Lipinski definition) is 3. The molecule has 1 aromatic carbocycles. The number of rotatable bonds is 1. The molecule has 0 bridgehead atoms. The summed E-state index contributed by atoms with van der Waals surface area (Å²) in [6.45, 7) is 0.399. The van der Waals surface area contributed by atoms with Crippen molar-refractivity contribution in [1.29, 1.82) is 0 Å². The Bertz CT molecular complexity index is 423. The molecule has 0 radical (unpaired) electrons. The molecule has 1 N–H and O–H groups in total. The molecule has 1 aliphatic rings. The fraction of sp³-hybridized carbons (Fsp3) is 0.273. The lowest BCUT2D eigenvalue weighted by atomic mass is 10.0. The Morgan fingerprint density at radius 1 is 1.40 bits per heavy atom. The summed E-state index contributed by atoms with van der Waals surface area (Å²) in [7, 11) is 0. The van der Waals surface area contributed by atoms with Crippen molar-refractivity contribution in [3.63, 3.8) is 0 Å². The Hall–Kier alpha value is -1.84. The second-order valence-electron chi connectivity index (χ2n) is 3.42. The van der Waals surface area contributed by atoms with Gasteiger partial charge in [-0.1, -0.05) is 0 Å². The van der Waals surface area contributed by atoms with Gasteiger partial charge < -0.3 is 9.84 Å². The van der Waals surface area contributed by atoms with Gasteiger partial charge in [0, 0.05) is 0 Å². The average Bonchev–Trinajstić information content (AvgIpc) is 2.40. The Labute approximate surface area is 86.5 Å². The van der Waals surface area contributed by atoms with E-state index in [9.17, 15) is 9.59 Å². The van der Waals surface area contributed by atoms with E-state index in [0.29, 0.717) is 18.6 Å². The molecule has 0 unspecified atom stereocenters. The molecule has 1 aliphatic heterocycles. The van der Waals surface area contributed by atoms with E-state index in [0.717, 1.165) is 12.0 Å². The minimum Gasteiger partial charge on any atom is -0.478 e. The molecule has 2 rings (SSSR count). The number of carboxylic acids is 1. The molecule has 0 aliphatic carbocycles. The first-order chi connectivity index (χ1) is 7.18. The van der Waals surface area contributed by atoms with Crippen LogP contribution in [0.15, 0.2) is 18.2 Å². The van der Waals surface area contributed by atoms with Crippen LogP contribution < -0.4 is 0 Å². The van der Waals surface area contributed by atoms with Crippen LogP contribution in [0.1, 0.15) is 32.7 Å². The van der Waals surface area contributed by atoms with Crippen molar-refractivity contribution < 1.29 is 19.4 Å². The fourth-order valence-corrected chi connectivity index (χ4v) is 1.64. The standard InChI is InChI=1S/C11H10O4/c12-10(13)8-3-4-9-7(6-8)2-1-5-15-11(9)14/h3-4,6H,1-2,5H2,(H,12,13). The van der Waals surface area contributed by atoms with E-state index in [1.165, 1.54) is 12.1 Å². The van der Waals surface area contributed by atoms with Crippen molar-refractivity contribution in [1.82, 2.24) is 0 Å². The summed E-state index contributed by atoms with van der Waals surface area (Å²) in [4.78, 5) is 22.2. The maximum absolute atomic E-state index is 11.4. The number of carbonyl (C=O) groups is 2. The highest BCUT2D eigenvalue weighted by Gasteiger charge is 2.17. The molecule has 4 nitrogen and oxygen atoms in total. The Morgan fingerprint density at radius 2 is 2.20 bits per heavy atom. The summed E-state index contributed by atoms with van der Waals surface area (Å²) in [6, 6.07) is 4.49. The fourth-order valence-electron chi connectivity index (χ4n) is 1.64. The molecule has 0 saturated carbocycles. The first-order valence-corrected chi connectivity index (χ1v) is 4.72. The summed E-state index contributed by atoms with van der Waals surface area (Å²) in [5, 5.41) is 8.81. The van der Waals surface area contributed by atoms with Gasteiger partial charge in [0.25, 0.3) is 0 Å². The molecule has 1 aromatic rings. The molecule has 4 heteroatoms. The number of aromatic carboxylic acids is 1. The second kappa shape index (κ2) is 3.73. The van der Waals surface area contributed by atoms with Crippen LogP contribution in [0.2, 0.25) is 0 Å². The van der Waals surface area contributed by atoms with Crippen LogP contribution in [0.25, 0.3) is 0 Å². The number of esters is 1. The van der Waals surface area contributed by atoms with Crippen molar-refractivity contribution in [2.45, 2.75) is 12.8 Å². The van der Waals surface area contributed by atoms with Gasteiger partial charge in [-0.25, -0.2) is 9.59 Å². The van der Waals surface area contributed by atoms with Crippen molar-refractivity contribution in [3.05, 3.63) is 34.9 Å². The Morgan fingerprint density at radius 3 is 2.93 bits per heavy atom. The minimum absolute atomic E-state index is 0.212. The molecule has 15 heavy (non-hydrogen) atoms. The largest absolute Gasteiger partial charge is 0.478 e. The van der Waals surface area contributed by atoms with E-state index in [1.807, 2.05) is 0 Å². The predicted molar refractivity (Wildman–Crippen MR) is 52.0 cm³/mol. The zero-order valence-electron chi connectivity index (χ0n) is 8.03. The van der Waals surface area contributed by atoms with Crippen LogP contribution in [0.4, 0.5) is 0 Å². The molecular weight excluding hydrogens is 196 g/mol. The van der Waals surface area contributed by atoms with Gasteiger partial charge in [-0.15, -0.1) is 0 Å². The van der Waals surface area contributed by atoms with Crippen LogP contribution >= 0.6 is 0 Å². The van der Waals surface area contributed by atoms with Crippen LogP contribution in [-0.4, -0.2) is 23.7 Å². The molecule has 0 amide bonds. The number of ether oxygens (including phenoxy) is 1. The monoisotopic (exact) mass is 206 g/mol. The van der Waals surface area contributed by atoms with E-state index in [2.05, 4.69) is 0 Å². The SMILES string of the molecule is O=C(O)c1ccc2c(c1)CCCOC2=O. The van der Waals surface area contributed by atoms with Gasteiger partial charge in [0.15, 0.2) is 0 Å². The smallest absolute Gasteiger partial charge is 0.338 e. The number of cyclic esters (lactones) is 1. The zero-order valence-corrected chi connectivity index (χ0v) is 8.03. The normalized spacial score (nSPS) is 15.1. The number of benzene rings is 1. The molecule has 0 fully saturated rings. The maximum Gasteiger partial charge on any atom is 0.338 e. The molecule has 0 atom stereocenters. The first-order valence-electron chi connectivity index (χ1n) is 4.72. The summed E-state index contributed by atoms with van der Waals surface area (Å²) < 4.78 is 4.94. The van der Waals surface area contributed by atoms with Crippen molar-refractivity contribution in [3.8, 4) is 0 Å². The number of aryl methyl sites for hydroxylation is 1. The maximum atomic E-state index is 11.4.